The lowest BCUT2D eigenvalue weighted by Gasteiger charge is -2.21. The van der Waals surface area contributed by atoms with E-state index >= 15 is 0 Å². The highest BCUT2D eigenvalue weighted by molar-refractivity contribution is 5.81. The van der Waals surface area contributed by atoms with Gasteiger partial charge >= 0.3 is 0 Å². The minimum atomic E-state index is -0.122. The van der Waals surface area contributed by atoms with Gasteiger partial charge in [-0.1, -0.05) is 31.5 Å². The fourth-order valence-corrected chi connectivity index (χ4v) is 2.52. The maximum absolute atomic E-state index is 12.3. The Bertz CT molecular complexity index is 438. The minimum Gasteiger partial charge on any atom is -0.492 e. The molecule has 0 radical (unpaired) electrons. The van der Waals surface area contributed by atoms with Crippen molar-refractivity contribution in [2.75, 3.05) is 20.2 Å². The SMILES string of the molecule is CCCC1CC(C(=O)N(C)CCOc2ccccc2)NN1. The Morgan fingerprint density at radius 2 is 2.10 bits per heavy atom. The number of para-hydroxylation sites is 1. The van der Waals surface area contributed by atoms with Crippen molar-refractivity contribution in [1.29, 1.82) is 0 Å². The van der Waals surface area contributed by atoms with Gasteiger partial charge in [0.05, 0.1) is 6.54 Å². The van der Waals surface area contributed by atoms with Crippen LogP contribution in [0.25, 0.3) is 0 Å². The zero-order chi connectivity index (χ0) is 15.1. The van der Waals surface area contributed by atoms with E-state index in [4.69, 9.17) is 4.74 Å². The van der Waals surface area contributed by atoms with Gasteiger partial charge in [-0.25, -0.2) is 5.43 Å². The Morgan fingerprint density at radius 1 is 1.33 bits per heavy atom. The highest BCUT2D eigenvalue weighted by Gasteiger charge is 2.30. The third kappa shape index (κ3) is 4.72. The minimum absolute atomic E-state index is 0.122. The van der Waals surface area contributed by atoms with Gasteiger partial charge in [0.15, 0.2) is 0 Å². The first kappa shape index (κ1) is 15.8. The Balaban J connectivity index is 1.70. The first-order chi connectivity index (χ1) is 10.2. The van der Waals surface area contributed by atoms with Crippen molar-refractivity contribution in [2.24, 2.45) is 0 Å². The van der Waals surface area contributed by atoms with Crippen LogP contribution in [0.15, 0.2) is 30.3 Å². The molecule has 0 bridgehead atoms. The molecule has 0 aromatic heterocycles. The molecule has 2 atom stereocenters. The third-order valence-electron chi connectivity index (χ3n) is 3.73. The van der Waals surface area contributed by atoms with Crippen molar-refractivity contribution in [1.82, 2.24) is 15.8 Å². The van der Waals surface area contributed by atoms with E-state index in [0.29, 0.717) is 19.2 Å². The van der Waals surface area contributed by atoms with Gasteiger partial charge in [-0.2, -0.15) is 0 Å². The van der Waals surface area contributed by atoms with Crippen LogP contribution in [0, 0.1) is 0 Å². The highest BCUT2D eigenvalue weighted by Crippen LogP contribution is 2.12. The number of rotatable bonds is 7. The van der Waals surface area contributed by atoms with Crippen molar-refractivity contribution >= 4 is 5.91 Å². The van der Waals surface area contributed by atoms with Gasteiger partial charge in [0.2, 0.25) is 5.91 Å². The number of hydrogen-bond acceptors (Lipinski definition) is 4. The smallest absolute Gasteiger partial charge is 0.240 e. The molecule has 1 aromatic carbocycles. The van der Waals surface area contributed by atoms with Crippen LogP contribution in [-0.2, 0) is 4.79 Å². The Labute approximate surface area is 126 Å². The summed E-state index contributed by atoms with van der Waals surface area (Å²) in [6.07, 6.45) is 3.08. The number of hydrogen-bond donors (Lipinski definition) is 2. The Kier molecular flexibility index (Phi) is 6.02. The van der Waals surface area contributed by atoms with E-state index in [1.807, 2.05) is 37.4 Å². The van der Waals surface area contributed by atoms with Crippen LogP contribution in [0.5, 0.6) is 5.75 Å². The normalized spacial score (nSPS) is 21.2. The lowest BCUT2D eigenvalue weighted by atomic mass is 10.1. The second-order valence-electron chi connectivity index (χ2n) is 5.48. The molecule has 2 unspecified atom stereocenters. The summed E-state index contributed by atoms with van der Waals surface area (Å²) < 4.78 is 5.62. The van der Waals surface area contributed by atoms with Crippen LogP contribution in [0.3, 0.4) is 0 Å². The van der Waals surface area contributed by atoms with E-state index in [9.17, 15) is 4.79 Å². The molecule has 2 N–H and O–H groups in total. The lowest BCUT2D eigenvalue weighted by molar-refractivity contribution is -0.132. The number of benzene rings is 1. The molecule has 1 amide bonds. The number of hydrazine groups is 1. The third-order valence-corrected chi connectivity index (χ3v) is 3.73. The average Bonchev–Trinajstić information content (AvgIpc) is 2.96. The van der Waals surface area contributed by atoms with E-state index in [2.05, 4.69) is 17.8 Å². The summed E-state index contributed by atoms with van der Waals surface area (Å²) in [5, 5.41) is 0. The van der Waals surface area contributed by atoms with E-state index in [1.54, 1.807) is 4.90 Å². The summed E-state index contributed by atoms with van der Waals surface area (Å²) >= 11 is 0. The molecule has 0 aliphatic carbocycles. The Hall–Kier alpha value is -1.59. The van der Waals surface area contributed by atoms with Crippen LogP contribution in [0.4, 0.5) is 0 Å². The summed E-state index contributed by atoms with van der Waals surface area (Å²) in [5.74, 6) is 0.958. The summed E-state index contributed by atoms with van der Waals surface area (Å²) in [6.45, 7) is 3.25. The van der Waals surface area contributed by atoms with Gasteiger partial charge < -0.3 is 9.64 Å². The van der Waals surface area contributed by atoms with E-state index in [-0.39, 0.29) is 11.9 Å². The predicted octanol–water partition coefficient (Wildman–Crippen LogP) is 1.56. The number of ether oxygens (including phenoxy) is 1. The average molecular weight is 291 g/mol. The number of carbonyl (C=O) groups excluding carboxylic acids is 1. The van der Waals surface area contributed by atoms with E-state index < -0.39 is 0 Å². The van der Waals surface area contributed by atoms with Crippen LogP contribution >= 0.6 is 0 Å². The van der Waals surface area contributed by atoms with Crippen molar-refractivity contribution in [3.8, 4) is 5.75 Å². The molecule has 2 rings (SSSR count). The van der Waals surface area contributed by atoms with Crippen LogP contribution < -0.4 is 15.6 Å². The highest BCUT2D eigenvalue weighted by atomic mass is 16.5. The first-order valence-electron chi connectivity index (χ1n) is 7.64. The number of nitrogens with one attached hydrogen (secondary N) is 2. The molecule has 1 aromatic rings. The van der Waals surface area contributed by atoms with E-state index in [0.717, 1.165) is 25.0 Å². The molecule has 1 fully saturated rings. The van der Waals surface area contributed by atoms with Crippen LogP contribution in [0.1, 0.15) is 26.2 Å². The van der Waals surface area contributed by atoms with Gasteiger partial charge in [-0.05, 0) is 25.0 Å². The molecule has 21 heavy (non-hydrogen) atoms. The second-order valence-corrected chi connectivity index (χ2v) is 5.48. The number of likely N-dealkylation sites (N-methyl/N-ethyl adjacent to an activating group) is 1. The topological polar surface area (TPSA) is 53.6 Å². The first-order valence-corrected chi connectivity index (χ1v) is 7.64. The van der Waals surface area contributed by atoms with Gasteiger partial charge in [0, 0.05) is 13.1 Å². The van der Waals surface area contributed by atoms with Gasteiger partial charge in [-0.3, -0.25) is 10.2 Å². The monoisotopic (exact) mass is 291 g/mol. The number of nitrogens with zero attached hydrogens (tertiary/aromatic N) is 1. The lowest BCUT2D eigenvalue weighted by Crippen LogP contribution is -2.45. The van der Waals surface area contributed by atoms with Crippen molar-refractivity contribution < 1.29 is 9.53 Å². The summed E-state index contributed by atoms with van der Waals surface area (Å²) in [5.41, 5.74) is 6.29. The fraction of sp³-hybridized carbons (Fsp3) is 0.562. The molecule has 5 heteroatoms. The molecular weight excluding hydrogens is 266 g/mol. The van der Waals surface area contributed by atoms with Crippen molar-refractivity contribution in [2.45, 2.75) is 38.3 Å². The van der Waals surface area contributed by atoms with Crippen LogP contribution in [0.2, 0.25) is 0 Å². The summed E-state index contributed by atoms with van der Waals surface area (Å²) in [7, 11) is 1.82. The number of carbonyl (C=O) groups is 1. The largest absolute Gasteiger partial charge is 0.492 e. The maximum Gasteiger partial charge on any atom is 0.240 e. The molecule has 5 nitrogen and oxygen atoms in total. The van der Waals surface area contributed by atoms with Gasteiger partial charge in [-0.15, -0.1) is 0 Å². The van der Waals surface area contributed by atoms with Crippen molar-refractivity contribution in [3.63, 3.8) is 0 Å². The quantitative estimate of drug-likeness (QED) is 0.800. The standard InChI is InChI=1S/C16H25N3O2/c1-3-7-13-12-15(18-17-13)16(20)19(2)10-11-21-14-8-5-4-6-9-14/h4-6,8-9,13,15,17-18H,3,7,10-12H2,1-2H3. The van der Waals surface area contributed by atoms with Crippen molar-refractivity contribution in [3.05, 3.63) is 30.3 Å². The maximum atomic E-state index is 12.3. The zero-order valence-electron chi connectivity index (χ0n) is 12.8. The number of amides is 1. The summed E-state index contributed by atoms with van der Waals surface area (Å²) in [4.78, 5) is 14.0. The molecule has 1 aliphatic heterocycles. The van der Waals surface area contributed by atoms with Gasteiger partial charge in [0.1, 0.15) is 18.4 Å². The zero-order valence-corrected chi connectivity index (χ0v) is 12.8. The molecule has 1 heterocycles. The van der Waals surface area contributed by atoms with Crippen LogP contribution in [-0.4, -0.2) is 43.1 Å². The molecule has 0 spiro atoms. The molecule has 0 saturated carbocycles. The molecule has 1 aliphatic rings. The summed E-state index contributed by atoms with van der Waals surface area (Å²) in [6, 6.07) is 9.94. The second kappa shape index (κ2) is 8.00. The predicted molar refractivity (Wildman–Crippen MR) is 82.9 cm³/mol. The Morgan fingerprint density at radius 3 is 2.81 bits per heavy atom. The van der Waals surface area contributed by atoms with E-state index in [1.165, 1.54) is 0 Å². The fourth-order valence-electron chi connectivity index (χ4n) is 2.52. The molecule has 1 saturated heterocycles. The molecular formula is C16H25N3O2. The van der Waals surface area contributed by atoms with Gasteiger partial charge in [0.25, 0.3) is 0 Å². The molecule has 116 valence electrons.